The number of thioether (sulfide) groups is 1. The van der Waals surface area contributed by atoms with Crippen LogP contribution >= 0.6 is 23.1 Å². The first kappa shape index (κ1) is 21.3. The largest absolute Gasteiger partial charge is 0.492 e. The highest BCUT2D eigenvalue weighted by atomic mass is 32.2. The topological polar surface area (TPSA) is 55.3 Å². The third-order valence-electron chi connectivity index (χ3n) is 4.42. The van der Waals surface area contributed by atoms with E-state index in [0.29, 0.717) is 24.0 Å². The fourth-order valence-electron chi connectivity index (χ4n) is 2.97. The Morgan fingerprint density at radius 3 is 2.71 bits per heavy atom. The van der Waals surface area contributed by atoms with Gasteiger partial charge in [-0.25, -0.2) is 9.37 Å². The quantitative estimate of drug-likeness (QED) is 0.327. The predicted molar refractivity (Wildman–Crippen MR) is 123 cm³/mol. The van der Waals surface area contributed by atoms with Crippen LogP contribution in [-0.2, 0) is 11.3 Å². The number of hydrogen-bond acceptors (Lipinski definition) is 6. The Hall–Kier alpha value is -2.97. The Morgan fingerprint density at radius 1 is 1.13 bits per heavy atom. The van der Waals surface area contributed by atoms with Crippen molar-refractivity contribution in [3.63, 3.8) is 0 Å². The maximum Gasteiger partial charge on any atom is 0.239 e. The molecule has 5 nitrogen and oxygen atoms in total. The minimum absolute atomic E-state index is 0.100. The van der Waals surface area contributed by atoms with Crippen LogP contribution in [0.2, 0.25) is 0 Å². The van der Waals surface area contributed by atoms with Gasteiger partial charge in [-0.15, -0.1) is 11.8 Å². The molecule has 2 aromatic carbocycles. The summed E-state index contributed by atoms with van der Waals surface area (Å²) in [7, 11) is 0. The number of benzene rings is 2. The lowest BCUT2D eigenvalue weighted by molar-refractivity contribution is -0.116. The van der Waals surface area contributed by atoms with Crippen LogP contribution in [0.4, 0.5) is 9.52 Å². The van der Waals surface area contributed by atoms with E-state index >= 15 is 0 Å². The molecule has 0 spiro atoms. The van der Waals surface area contributed by atoms with Crippen LogP contribution in [0.1, 0.15) is 12.6 Å². The van der Waals surface area contributed by atoms with Crippen molar-refractivity contribution in [2.45, 2.75) is 18.4 Å². The number of nitrogens with zero attached hydrogens (tertiary/aromatic N) is 3. The monoisotopic (exact) mass is 453 g/mol. The van der Waals surface area contributed by atoms with Gasteiger partial charge in [0.25, 0.3) is 0 Å². The molecule has 2 aromatic heterocycles. The van der Waals surface area contributed by atoms with Gasteiger partial charge in [0, 0.05) is 11.1 Å². The van der Waals surface area contributed by atoms with Crippen molar-refractivity contribution in [1.82, 2.24) is 9.97 Å². The van der Waals surface area contributed by atoms with E-state index in [9.17, 15) is 9.18 Å². The van der Waals surface area contributed by atoms with Crippen molar-refractivity contribution < 1.29 is 13.9 Å². The zero-order valence-corrected chi connectivity index (χ0v) is 18.5. The van der Waals surface area contributed by atoms with E-state index in [4.69, 9.17) is 9.72 Å². The number of aromatic nitrogens is 2. The van der Waals surface area contributed by atoms with Crippen LogP contribution < -0.4 is 9.64 Å². The second-order valence-electron chi connectivity index (χ2n) is 6.58. The summed E-state index contributed by atoms with van der Waals surface area (Å²) in [5, 5.41) is 0.595. The number of hydrogen-bond donors (Lipinski definition) is 0. The third kappa shape index (κ3) is 5.21. The molecule has 0 atom stereocenters. The van der Waals surface area contributed by atoms with Crippen LogP contribution in [0.25, 0.3) is 10.2 Å². The maximum atomic E-state index is 13.2. The summed E-state index contributed by atoms with van der Waals surface area (Å²) in [6, 6.07) is 17.5. The molecule has 0 aliphatic carbocycles. The molecular formula is C23H20FN3O2S2. The molecule has 0 saturated carbocycles. The van der Waals surface area contributed by atoms with Crippen LogP contribution in [0.5, 0.6) is 5.75 Å². The lowest BCUT2D eigenvalue weighted by Gasteiger charge is -2.19. The molecule has 0 bridgehead atoms. The molecule has 0 aliphatic heterocycles. The Kier molecular flexibility index (Phi) is 6.79. The molecule has 4 rings (SSSR count). The van der Waals surface area contributed by atoms with Crippen molar-refractivity contribution in [2.75, 3.05) is 17.3 Å². The average molecular weight is 454 g/mol. The summed E-state index contributed by atoms with van der Waals surface area (Å²) >= 11 is 2.81. The molecule has 0 saturated heterocycles. The summed E-state index contributed by atoms with van der Waals surface area (Å²) in [4.78, 5) is 24.8. The molecule has 4 aromatic rings. The average Bonchev–Trinajstić information content (AvgIpc) is 3.23. The van der Waals surface area contributed by atoms with Gasteiger partial charge >= 0.3 is 0 Å². The zero-order chi connectivity index (χ0) is 21.6. The van der Waals surface area contributed by atoms with Gasteiger partial charge in [0.05, 0.1) is 29.3 Å². The third-order valence-corrected chi connectivity index (χ3v) is 6.47. The molecule has 1 amide bonds. The Labute approximate surface area is 187 Å². The van der Waals surface area contributed by atoms with Crippen LogP contribution in [-0.4, -0.2) is 28.2 Å². The Balaban J connectivity index is 1.62. The Morgan fingerprint density at radius 2 is 1.97 bits per heavy atom. The second-order valence-corrected chi connectivity index (χ2v) is 8.63. The van der Waals surface area contributed by atoms with Crippen molar-refractivity contribution in [3.8, 4) is 5.75 Å². The van der Waals surface area contributed by atoms with Gasteiger partial charge in [0.2, 0.25) is 5.91 Å². The lowest BCUT2D eigenvalue weighted by Crippen LogP contribution is -2.32. The number of amides is 1. The number of para-hydroxylation sites is 1. The minimum Gasteiger partial charge on any atom is -0.492 e. The highest BCUT2D eigenvalue weighted by molar-refractivity contribution is 8.00. The second kappa shape index (κ2) is 9.89. The summed E-state index contributed by atoms with van der Waals surface area (Å²) < 4.78 is 19.8. The van der Waals surface area contributed by atoms with Crippen molar-refractivity contribution in [2.24, 2.45) is 0 Å². The highest BCUT2D eigenvalue weighted by Gasteiger charge is 2.22. The van der Waals surface area contributed by atoms with Gasteiger partial charge in [0.15, 0.2) is 5.13 Å². The molecule has 8 heteroatoms. The predicted octanol–water partition coefficient (Wildman–Crippen LogP) is 5.55. The summed E-state index contributed by atoms with van der Waals surface area (Å²) in [6.07, 6.45) is 1.71. The van der Waals surface area contributed by atoms with E-state index in [1.807, 2.05) is 43.3 Å². The van der Waals surface area contributed by atoms with Crippen molar-refractivity contribution >= 4 is 44.4 Å². The first-order valence-electron chi connectivity index (χ1n) is 9.75. The summed E-state index contributed by atoms with van der Waals surface area (Å²) in [5.41, 5.74) is 1.52. The van der Waals surface area contributed by atoms with Gasteiger partial charge in [-0.3, -0.25) is 14.7 Å². The first-order chi connectivity index (χ1) is 15.1. The number of pyridine rings is 1. The van der Waals surface area contributed by atoms with E-state index < -0.39 is 0 Å². The van der Waals surface area contributed by atoms with Crippen LogP contribution in [0.15, 0.2) is 71.8 Å². The van der Waals surface area contributed by atoms with Gasteiger partial charge in [0.1, 0.15) is 17.1 Å². The standard InChI is InChI=1S/C23H20FN3O2S2/c1-2-29-19-7-5-8-20-22(19)26-23(31-20)27(14-17-6-3-4-13-25-17)21(28)15-30-18-11-9-16(24)10-12-18/h3-13H,2,14-15H2,1H3. The highest BCUT2D eigenvalue weighted by Crippen LogP contribution is 2.35. The van der Waals surface area contributed by atoms with Gasteiger partial charge in [-0.2, -0.15) is 0 Å². The number of fused-ring (bicyclic) bond motifs is 1. The molecule has 0 fully saturated rings. The molecule has 2 heterocycles. The van der Waals surface area contributed by atoms with E-state index in [1.54, 1.807) is 23.2 Å². The molecular weight excluding hydrogens is 433 g/mol. The fraction of sp³-hybridized carbons (Fsp3) is 0.174. The number of thiazole rings is 1. The number of carbonyl (C=O) groups excluding carboxylic acids is 1. The maximum absolute atomic E-state index is 13.2. The molecule has 0 unspecified atom stereocenters. The number of carbonyl (C=O) groups is 1. The van der Waals surface area contributed by atoms with Gasteiger partial charge in [-0.05, 0) is 55.5 Å². The molecule has 0 radical (unpaired) electrons. The smallest absolute Gasteiger partial charge is 0.239 e. The Bertz CT molecular complexity index is 1170. The summed E-state index contributed by atoms with van der Waals surface area (Å²) in [5.74, 6) is 0.504. The first-order valence-corrected chi connectivity index (χ1v) is 11.5. The SMILES string of the molecule is CCOc1cccc2sc(N(Cc3ccccn3)C(=O)CSc3ccc(F)cc3)nc12. The number of rotatable bonds is 8. The van der Waals surface area contributed by atoms with Crippen LogP contribution in [0, 0.1) is 5.82 Å². The van der Waals surface area contributed by atoms with E-state index in [2.05, 4.69) is 4.98 Å². The van der Waals surface area contributed by atoms with E-state index in [1.165, 1.54) is 35.2 Å². The molecule has 158 valence electrons. The van der Waals surface area contributed by atoms with Crippen LogP contribution in [0.3, 0.4) is 0 Å². The lowest BCUT2D eigenvalue weighted by atomic mass is 10.3. The van der Waals surface area contributed by atoms with E-state index in [-0.39, 0.29) is 17.5 Å². The number of anilines is 1. The fourth-order valence-corrected chi connectivity index (χ4v) is 4.74. The summed E-state index contributed by atoms with van der Waals surface area (Å²) in [6.45, 7) is 2.78. The molecule has 0 N–H and O–H groups in total. The number of halogens is 1. The van der Waals surface area contributed by atoms with E-state index in [0.717, 1.165) is 20.8 Å². The normalized spacial score (nSPS) is 10.9. The molecule has 31 heavy (non-hydrogen) atoms. The van der Waals surface area contributed by atoms with Gasteiger partial charge < -0.3 is 4.74 Å². The van der Waals surface area contributed by atoms with Crippen molar-refractivity contribution in [1.29, 1.82) is 0 Å². The minimum atomic E-state index is -0.299. The molecule has 0 aliphatic rings. The number of ether oxygens (including phenoxy) is 1. The van der Waals surface area contributed by atoms with Crippen molar-refractivity contribution in [3.05, 3.63) is 78.4 Å². The zero-order valence-electron chi connectivity index (χ0n) is 16.8. The van der Waals surface area contributed by atoms with Gasteiger partial charge in [-0.1, -0.05) is 23.5 Å².